The van der Waals surface area contributed by atoms with Crippen molar-refractivity contribution in [3.05, 3.63) is 64.9 Å². The molecular formula is C21H21ClN6. The van der Waals surface area contributed by atoms with Gasteiger partial charge in [-0.1, -0.05) is 41.9 Å². The number of nitrogens with zero attached hydrogens (tertiary/aromatic N) is 6. The molecule has 1 fully saturated rings. The second kappa shape index (κ2) is 7.04. The number of rotatable bonds is 3. The lowest BCUT2D eigenvalue weighted by atomic mass is 10.1. The van der Waals surface area contributed by atoms with E-state index in [4.69, 9.17) is 26.7 Å². The first kappa shape index (κ1) is 17.4. The molecule has 0 unspecified atom stereocenters. The van der Waals surface area contributed by atoms with Crippen LogP contribution in [0.25, 0.3) is 16.6 Å². The second-order valence-corrected chi connectivity index (χ2v) is 7.73. The lowest BCUT2D eigenvalue weighted by Crippen LogP contribution is -2.45. The highest BCUT2D eigenvalue weighted by molar-refractivity contribution is 6.31. The summed E-state index contributed by atoms with van der Waals surface area (Å²) in [5.41, 5.74) is 2.90. The number of halogens is 1. The second-order valence-electron chi connectivity index (χ2n) is 7.29. The Kier molecular flexibility index (Phi) is 4.37. The molecule has 142 valence electrons. The first-order valence-electron chi connectivity index (χ1n) is 9.50. The van der Waals surface area contributed by atoms with E-state index in [2.05, 4.69) is 29.0 Å². The first-order chi connectivity index (χ1) is 13.7. The number of fused-ring (bicyclic) bond motifs is 3. The minimum absolute atomic E-state index is 0.677. The quantitative estimate of drug-likeness (QED) is 0.535. The van der Waals surface area contributed by atoms with E-state index in [1.54, 1.807) is 0 Å². The molecule has 2 aromatic heterocycles. The summed E-state index contributed by atoms with van der Waals surface area (Å²) in [6.07, 6.45) is 0.687. The lowest BCUT2D eigenvalue weighted by molar-refractivity contribution is 0.310. The van der Waals surface area contributed by atoms with E-state index < -0.39 is 0 Å². The Labute approximate surface area is 168 Å². The largest absolute Gasteiger partial charge is 0.338 e. The van der Waals surface area contributed by atoms with E-state index in [-0.39, 0.29) is 0 Å². The topological polar surface area (TPSA) is 49.6 Å². The van der Waals surface area contributed by atoms with Crippen molar-refractivity contribution in [2.45, 2.75) is 6.42 Å². The summed E-state index contributed by atoms with van der Waals surface area (Å²) in [6, 6.07) is 16.1. The number of hydrogen-bond acceptors (Lipinski definition) is 5. The molecule has 0 radical (unpaired) electrons. The summed E-state index contributed by atoms with van der Waals surface area (Å²) in [7, 11) is 2.15. The van der Waals surface area contributed by atoms with Crippen LogP contribution >= 0.6 is 11.6 Å². The van der Waals surface area contributed by atoms with Gasteiger partial charge in [-0.2, -0.15) is 4.52 Å². The maximum atomic E-state index is 6.26. The first-order valence-corrected chi connectivity index (χ1v) is 9.87. The van der Waals surface area contributed by atoms with Gasteiger partial charge >= 0.3 is 0 Å². The van der Waals surface area contributed by atoms with E-state index in [0.717, 1.165) is 54.5 Å². The molecule has 0 aliphatic carbocycles. The Morgan fingerprint density at radius 2 is 1.75 bits per heavy atom. The summed E-state index contributed by atoms with van der Waals surface area (Å²) in [5.74, 6) is 1.64. The zero-order chi connectivity index (χ0) is 19.1. The molecule has 2 aromatic carbocycles. The van der Waals surface area contributed by atoms with Crippen LogP contribution in [-0.4, -0.2) is 57.7 Å². The molecule has 6 nitrogen and oxygen atoms in total. The van der Waals surface area contributed by atoms with Gasteiger partial charge in [-0.25, -0.2) is 9.97 Å². The molecule has 3 heterocycles. The van der Waals surface area contributed by atoms with Gasteiger partial charge in [0.05, 0.1) is 5.52 Å². The zero-order valence-corrected chi connectivity index (χ0v) is 16.5. The molecule has 0 spiro atoms. The maximum Gasteiger partial charge on any atom is 0.229 e. The van der Waals surface area contributed by atoms with Crippen LogP contribution in [0.3, 0.4) is 0 Å². The van der Waals surface area contributed by atoms with Crippen molar-refractivity contribution in [2.75, 3.05) is 38.1 Å². The molecule has 0 atom stereocenters. The van der Waals surface area contributed by atoms with Gasteiger partial charge in [0.2, 0.25) is 5.95 Å². The fraction of sp³-hybridized carbons (Fsp3) is 0.286. The molecule has 1 aliphatic heterocycles. The van der Waals surface area contributed by atoms with Crippen LogP contribution in [0.1, 0.15) is 11.4 Å². The van der Waals surface area contributed by atoms with Crippen LogP contribution < -0.4 is 4.90 Å². The summed E-state index contributed by atoms with van der Waals surface area (Å²) in [6.45, 7) is 3.86. The minimum atomic E-state index is 0.677. The SMILES string of the molecule is CN1CCN(c2nc3ccc(Cl)cc3c3nc(Cc4ccccc4)nn23)CC1. The standard InChI is InChI=1S/C21H21ClN6/c1-26-9-11-27(12-10-26)21-23-18-8-7-16(22)14-17(18)20-24-19(25-28(20)21)13-15-5-3-2-4-6-15/h2-8,14H,9-13H2,1H3. The number of aromatic nitrogens is 4. The molecule has 0 amide bonds. The molecule has 0 bridgehead atoms. The van der Waals surface area contributed by atoms with Gasteiger partial charge in [0.15, 0.2) is 11.5 Å². The average Bonchev–Trinajstić information content (AvgIpc) is 3.13. The molecule has 7 heteroatoms. The van der Waals surface area contributed by atoms with Crippen molar-refractivity contribution >= 4 is 34.1 Å². The fourth-order valence-corrected chi connectivity index (χ4v) is 3.85. The summed E-state index contributed by atoms with van der Waals surface area (Å²) in [4.78, 5) is 14.4. The van der Waals surface area contributed by atoms with Crippen LogP contribution in [0.15, 0.2) is 48.5 Å². The average molecular weight is 393 g/mol. The Balaban J connectivity index is 1.66. The van der Waals surface area contributed by atoms with Crippen molar-refractivity contribution in [3.63, 3.8) is 0 Å². The lowest BCUT2D eigenvalue weighted by Gasteiger charge is -2.33. The number of benzene rings is 2. The van der Waals surface area contributed by atoms with Crippen molar-refractivity contribution in [3.8, 4) is 0 Å². The monoisotopic (exact) mass is 392 g/mol. The molecular weight excluding hydrogens is 372 g/mol. The van der Waals surface area contributed by atoms with Gasteiger partial charge in [0.25, 0.3) is 0 Å². The Morgan fingerprint density at radius 3 is 2.54 bits per heavy atom. The molecule has 0 N–H and O–H groups in total. The summed E-state index contributed by atoms with van der Waals surface area (Å²) >= 11 is 6.26. The molecule has 0 saturated carbocycles. The predicted molar refractivity (Wildman–Crippen MR) is 112 cm³/mol. The third-order valence-electron chi connectivity index (χ3n) is 5.25. The smallest absolute Gasteiger partial charge is 0.229 e. The summed E-state index contributed by atoms with van der Waals surface area (Å²) < 4.78 is 1.89. The maximum absolute atomic E-state index is 6.26. The van der Waals surface area contributed by atoms with Crippen LogP contribution in [0.2, 0.25) is 5.02 Å². The van der Waals surface area contributed by atoms with Crippen molar-refractivity contribution in [1.82, 2.24) is 24.5 Å². The Morgan fingerprint density at radius 1 is 0.964 bits per heavy atom. The normalized spacial score (nSPS) is 15.6. The van der Waals surface area contributed by atoms with E-state index in [0.29, 0.717) is 11.4 Å². The fourth-order valence-electron chi connectivity index (χ4n) is 3.67. The molecule has 1 saturated heterocycles. The molecule has 1 aliphatic rings. The van der Waals surface area contributed by atoms with Crippen LogP contribution in [0, 0.1) is 0 Å². The van der Waals surface area contributed by atoms with Crippen LogP contribution in [0.4, 0.5) is 5.95 Å². The van der Waals surface area contributed by atoms with E-state index in [9.17, 15) is 0 Å². The van der Waals surface area contributed by atoms with Crippen molar-refractivity contribution in [2.24, 2.45) is 0 Å². The number of likely N-dealkylation sites (N-methyl/N-ethyl adjacent to an activating group) is 1. The highest BCUT2D eigenvalue weighted by Gasteiger charge is 2.21. The third kappa shape index (κ3) is 3.19. The van der Waals surface area contributed by atoms with Crippen LogP contribution in [0.5, 0.6) is 0 Å². The zero-order valence-electron chi connectivity index (χ0n) is 15.7. The third-order valence-corrected chi connectivity index (χ3v) is 5.49. The molecule has 4 aromatic rings. The van der Waals surface area contributed by atoms with Gasteiger partial charge in [-0.3, -0.25) is 0 Å². The summed E-state index contributed by atoms with van der Waals surface area (Å²) in [5, 5.41) is 6.43. The van der Waals surface area contributed by atoms with Gasteiger partial charge < -0.3 is 9.80 Å². The van der Waals surface area contributed by atoms with E-state index in [1.807, 2.05) is 40.9 Å². The molecule has 28 heavy (non-hydrogen) atoms. The van der Waals surface area contributed by atoms with Gasteiger partial charge in [-0.15, -0.1) is 5.10 Å². The Bertz CT molecular complexity index is 1130. The predicted octanol–water partition coefficient (Wildman–Crippen LogP) is 3.27. The highest BCUT2D eigenvalue weighted by Crippen LogP contribution is 2.26. The van der Waals surface area contributed by atoms with E-state index in [1.165, 1.54) is 5.56 Å². The van der Waals surface area contributed by atoms with Crippen molar-refractivity contribution in [1.29, 1.82) is 0 Å². The highest BCUT2D eigenvalue weighted by atomic mass is 35.5. The van der Waals surface area contributed by atoms with E-state index >= 15 is 0 Å². The van der Waals surface area contributed by atoms with Gasteiger partial charge in [-0.05, 0) is 30.8 Å². The number of anilines is 1. The van der Waals surface area contributed by atoms with Crippen molar-refractivity contribution < 1.29 is 0 Å². The number of hydrogen-bond donors (Lipinski definition) is 0. The molecule has 5 rings (SSSR count). The van der Waals surface area contributed by atoms with Gasteiger partial charge in [0, 0.05) is 43.0 Å². The number of piperazine rings is 1. The van der Waals surface area contributed by atoms with Gasteiger partial charge in [0.1, 0.15) is 0 Å². The van der Waals surface area contributed by atoms with Crippen LogP contribution in [-0.2, 0) is 6.42 Å². The Hall–Kier alpha value is -2.70. The minimum Gasteiger partial charge on any atom is -0.338 e.